The van der Waals surface area contributed by atoms with Crippen LogP contribution in [0.15, 0.2) is 60.7 Å². The Morgan fingerprint density at radius 2 is 1.26 bits per heavy atom. The maximum atomic E-state index is 12.4. The molecule has 142 valence electrons. The smallest absolute Gasteiger partial charge is 0.326 e. The molecule has 0 aliphatic rings. The molecule has 0 spiro atoms. The van der Waals surface area contributed by atoms with E-state index < -0.39 is 30.3 Å². The number of hydrogen-bond donors (Lipinski definition) is 3. The lowest BCUT2D eigenvalue weighted by Gasteiger charge is -2.19. The van der Waals surface area contributed by atoms with E-state index in [1.54, 1.807) is 0 Å². The van der Waals surface area contributed by atoms with Crippen molar-refractivity contribution >= 4 is 17.8 Å². The third kappa shape index (κ3) is 7.32. The zero-order valence-electron chi connectivity index (χ0n) is 14.9. The highest BCUT2D eigenvalue weighted by Gasteiger charge is 2.24. The first kappa shape index (κ1) is 20.2. The van der Waals surface area contributed by atoms with Gasteiger partial charge in [-0.15, -0.1) is 0 Å². The van der Waals surface area contributed by atoms with Gasteiger partial charge in [-0.3, -0.25) is 9.59 Å². The molecule has 1 amide bonds. The van der Waals surface area contributed by atoms with Gasteiger partial charge in [0.25, 0.3) is 0 Å². The number of carboxylic acid groups (broad SMARTS) is 2. The molecule has 3 N–H and O–H groups in total. The van der Waals surface area contributed by atoms with E-state index in [4.69, 9.17) is 10.2 Å². The van der Waals surface area contributed by atoms with E-state index in [-0.39, 0.29) is 12.3 Å². The third-order valence-corrected chi connectivity index (χ3v) is 4.22. The molecule has 1 atom stereocenters. The van der Waals surface area contributed by atoms with Gasteiger partial charge in [-0.25, -0.2) is 4.79 Å². The van der Waals surface area contributed by atoms with Crippen molar-refractivity contribution in [1.82, 2.24) is 5.32 Å². The lowest BCUT2D eigenvalue weighted by atomic mass is 9.89. The summed E-state index contributed by atoms with van der Waals surface area (Å²) in [5.41, 5.74) is 2.18. The van der Waals surface area contributed by atoms with E-state index in [0.29, 0.717) is 12.8 Å². The summed E-state index contributed by atoms with van der Waals surface area (Å²) in [6.07, 6.45) is 0.802. The van der Waals surface area contributed by atoms with Crippen molar-refractivity contribution in [1.29, 1.82) is 0 Å². The van der Waals surface area contributed by atoms with Crippen LogP contribution in [0.4, 0.5) is 0 Å². The van der Waals surface area contributed by atoms with Gasteiger partial charge in [0.15, 0.2) is 0 Å². The van der Waals surface area contributed by atoms with Crippen molar-refractivity contribution in [3.8, 4) is 0 Å². The summed E-state index contributed by atoms with van der Waals surface area (Å²) in [6.45, 7) is 0. The molecule has 0 fully saturated rings. The molecule has 0 aliphatic heterocycles. The van der Waals surface area contributed by atoms with Gasteiger partial charge in [0.2, 0.25) is 5.91 Å². The summed E-state index contributed by atoms with van der Waals surface area (Å²) in [7, 11) is 0. The second-order valence-electron chi connectivity index (χ2n) is 6.51. The van der Waals surface area contributed by atoms with Gasteiger partial charge in [-0.2, -0.15) is 0 Å². The zero-order chi connectivity index (χ0) is 19.6. The summed E-state index contributed by atoms with van der Waals surface area (Å²) in [6, 6.07) is 18.1. The molecule has 0 radical (unpaired) electrons. The highest BCUT2D eigenvalue weighted by atomic mass is 16.4. The lowest BCUT2D eigenvalue weighted by Crippen LogP contribution is -2.43. The second-order valence-corrected chi connectivity index (χ2v) is 6.51. The van der Waals surface area contributed by atoms with Crippen molar-refractivity contribution in [3.05, 3.63) is 71.8 Å². The van der Waals surface area contributed by atoms with E-state index in [9.17, 15) is 14.4 Å². The minimum Gasteiger partial charge on any atom is -0.481 e. The van der Waals surface area contributed by atoms with Crippen LogP contribution in [-0.4, -0.2) is 34.1 Å². The molecule has 6 nitrogen and oxygen atoms in total. The maximum Gasteiger partial charge on any atom is 0.326 e. The van der Waals surface area contributed by atoms with Crippen LogP contribution in [0.3, 0.4) is 0 Å². The number of carboxylic acids is 2. The third-order valence-electron chi connectivity index (χ3n) is 4.22. The Morgan fingerprint density at radius 3 is 1.67 bits per heavy atom. The molecule has 0 unspecified atom stereocenters. The van der Waals surface area contributed by atoms with Crippen molar-refractivity contribution in [2.24, 2.45) is 5.92 Å². The first-order valence-electron chi connectivity index (χ1n) is 8.76. The SMILES string of the molecule is O=C(O)C[C@H](NC(=O)CC(Cc1ccccc1)Cc1ccccc1)C(=O)O. The van der Waals surface area contributed by atoms with E-state index in [1.165, 1.54) is 0 Å². The minimum absolute atomic E-state index is 0.0333. The van der Waals surface area contributed by atoms with Crippen LogP contribution in [0.25, 0.3) is 0 Å². The lowest BCUT2D eigenvalue weighted by molar-refractivity contribution is -0.147. The highest BCUT2D eigenvalue weighted by Crippen LogP contribution is 2.18. The van der Waals surface area contributed by atoms with Gasteiger partial charge < -0.3 is 15.5 Å². The van der Waals surface area contributed by atoms with Crippen LogP contribution in [0, 0.1) is 5.92 Å². The standard InChI is InChI=1S/C21H23NO5/c23-19(22-18(21(26)27)14-20(24)25)13-17(11-15-7-3-1-4-8-15)12-16-9-5-2-6-10-16/h1-10,17-18H,11-14H2,(H,22,23)(H,24,25)(H,26,27)/t18-/m0/s1. The number of aliphatic carboxylic acids is 2. The molecule has 0 aliphatic carbocycles. The summed E-state index contributed by atoms with van der Waals surface area (Å²) in [4.78, 5) is 34.3. The molecular formula is C21H23NO5. The Morgan fingerprint density at radius 1 is 0.778 bits per heavy atom. The Kier molecular flexibility index (Phi) is 7.55. The van der Waals surface area contributed by atoms with Gasteiger partial charge in [0.1, 0.15) is 6.04 Å². The van der Waals surface area contributed by atoms with Crippen molar-refractivity contribution in [2.75, 3.05) is 0 Å². The average Bonchev–Trinajstić information content (AvgIpc) is 2.62. The van der Waals surface area contributed by atoms with Crippen LogP contribution in [0.2, 0.25) is 0 Å². The first-order valence-corrected chi connectivity index (χ1v) is 8.76. The van der Waals surface area contributed by atoms with Crippen LogP contribution >= 0.6 is 0 Å². The van der Waals surface area contributed by atoms with Gasteiger partial charge >= 0.3 is 11.9 Å². The predicted molar refractivity (Wildman–Crippen MR) is 100 cm³/mol. The molecule has 6 heteroatoms. The maximum absolute atomic E-state index is 12.4. The molecule has 2 aromatic carbocycles. The molecular weight excluding hydrogens is 346 g/mol. The second kappa shape index (κ2) is 10.1. The number of amides is 1. The highest BCUT2D eigenvalue weighted by molar-refractivity contribution is 5.86. The molecule has 2 rings (SSSR count). The molecule has 27 heavy (non-hydrogen) atoms. The fourth-order valence-corrected chi connectivity index (χ4v) is 3.00. The molecule has 0 bridgehead atoms. The number of carbonyl (C=O) groups excluding carboxylic acids is 1. The Balaban J connectivity index is 2.06. The van der Waals surface area contributed by atoms with E-state index in [0.717, 1.165) is 11.1 Å². The van der Waals surface area contributed by atoms with E-state index >= 15 is 0 Å². The van der Waals surface area contributed by atoms with Crippen molar-refractivity contribution in [2.45, 2.75) is 31.7 Å². The van der Waals surface area contributed by atoms with E-state index in [1.807, 2.05) is 60.7 Å². The Bertz CT molecular complexity index is 719. The topological polar surface area (TPSA) is 104 Å². The van der Waals surface area contributed by atoms with Gasteiger partial charge in [-0.05, 0) is 29.9 Å². The first-order chi connectivity index (χ1) is 12.9. The summed E-state index contributed by atoms with van der Waals surface area (Å²) in [5, 5.41) is 20.2. The largest absolute Gasteiger partial charge is 0.481 e. The number of hydrogen-bond acceptors (Lipinski definition) is 3. The molecule has 0 saturated heterocycles. The van der Waals surface area contributed by atoms with Crippen molar-refractivity contribution in [3.63, 3.8) is 0 Å². The molecule has 0 saturated carbocycles. The number of nitrogens with one attached hydrogen (secondary N) is 1. The average molecular weight is 369 g/mol. The molecule has 0 aromatic heterocycles. The van der Waals surface area contributed by atoms with Crippen LogP contribution < -0.4 is 5.32 Å². The van der Waals surface area contributed by atoms with Crippen molar-refractivity contribution < 1.29 is 24.6 Å². The van der Waals surface area contributed by atoms with Gasteiger partial charge in [0.05, 0.1) is 6.42 Å². The summed E-state index contributed by atoms with van der Waals surface area (Å²) >= 11 is 0. The van der Waals surface area contributed by atoms with Crippen LogP contribution in [0.5, 0.6) is 0 Å². The van der Waals surface area contributed by atoms with Crippen LogP contribution in [0.1, 0.15) is 24.0 Å². The Labute approximate surface area is 157 Å². The van der Waals surface area contributed by atoms with E-state index in [2.05, 4.69) is 5.32 Å². The Hall–Kier alpha value is -3.15. The molecule has 0 heterocycles. The zero-order valence-corrected chi connectivity index (χ0v) is 14.9. The fourth-order valence-electron chi connectivity index (χ4n) is 3.00. The van der Waals surface area contributed by atoms with Gasteiger partial charge in [-0.1, -0.05) is 60.7 Å². The fraction of sp³-hybridized carbons (Fsp3) is 0.286. The van der Waals surface area contributed by atoms with Gasteiger partial charge in [0, 0.05) is 6.42 Å². The van der Waals surface area contributed by atoms with Crippen LogP contribution in [-0.2, 0) is 27.2 Å². The molecule has 2 aromatic rings. The normalized spacial score (nSPS) is 11.7. The summed E-state index contributed by atoms with van der Waals surface area (Å²) in [5.74, 6) is -3.11. The monoisotopic (exact) mass is 369 g/mol. The number of benzene rings is 2. The quantitative estimate of drug-likeness (QED) is 0.597. The number of carbonyl (C=O) groups is 3. The summed E-state index contributed by atoms with van der Waals surface area (Å²) < 4.78 is 0. The number of rotatable bonds is 10. The predicted octanol–water partition coefficient (Wildman–Crippen LogP) is 2.52. The minimum atomic E-state index is -1.43.